The highest BCUT2D eigenvalue weighted by Gasteiger charge is 2.25. The predicted molar refractivity (Wildman–Crippen MR) is 95.1 cm³/mol. The van der Waals surface area contributed by atoms with Crippen molar-refractivity contribution >= 4 is 11.3 Å². The second-order valence-electron chi connectivity index (χ2n) is 6.31. The van der Waals surface area contributed by atoms with E-state index >= 15 is 0 Å². The number of thiophene rings is 1. The molecule has 0 amide bonds. The van der Waals surface area contributed by atoms with Crippen LogP contribution in [0.5, 0.6) is 5.88 Å². The molecule has 130 valence electrons. The first-order valence-electron chi connectivity index (χ1n) is 8.58. The van der Waals surface area contributed by atoms with Crippen molar-refractivity contribution in [2.45, 2.75) is 50.8 Å². The molecule has 0 bridgehead atoms. The molecule has 1 aliphatic rings. The molecule has 0 aliphatic carbocycles. The Hall–Kier alpha value is -1.50. The molecule has 0 unspecified atom stereocenters. The zero-order chi connectivity index (χ0) is 16.8. The number of aliphatic hydroxyl groups is 1. The molecule has 2 atom stereocenters. The minimum atomic E-state index is -0.377. The number of nitrogens with zero attached hydrogens (tertiary/aromatic N) is 3. The lowest BCUT2D eigenvalue weighted by Crippen LogP contribution is -2.35. The van der Waals surface area contributed by atoms with Gasteiger partial charge in [0.25, 0.3) is 0 Å². The maximum absolute atomic E-state index is 10.5. The second kappa shape index (κ2) is 8.55. The van der Waals surface area contributed by atoms with Crippen LogP contribution in [0.1, 0.15) is 48.8 Å². The van der Waals surface area contributed by atoms with Crippen molar-refractivity contribution in [3.05, 3.63) is 40.2 Å². The number of likely N-dealkylation sites (tertiary alicyclic amines) is 1. The van der Waals surface area contributed by atoms with Crippen molar-refractivity contribution < 1.29 is 9.84 Å². The van der Waals surface area contributed by atoms with E-state index in [1.54, 1.807) is 18.4 Å². The molecule has 2 aromatic rings. The monoisotopic (exact) mass is 347 g/mol. The summed E-state index contributed by atoms with van der Waals surface area (Å²) < 4.78 is 5.08. The molecule has 24 heavy (non-hydrogen) atoms. The summed E-state index contributed by atoms with van der Waals surface area (Å²) in [6.45, 7) is 1.83. The quantitative estimate of drug-likeness (QED) is 0.868. The van der Waals surface area contributed by atoms with Crippen molar-refractivity contribution in [3.63, 3.8) is 0 Å². The van der Waals surface area contributed by atoms with Crippen LogP contribution in [-0.2, 0) is 6.54 Å². The number of aromatic nitrogens is 2. The molecular weight excluding hydrogens is 322 g/mol. The van der Waals surface area contributed by atoms with Crippen molar-refractivity contribution in [1.29, 1.82) is 0 Å². The summed E-state index contributed by atoms with van der Waals surface area (Å²) in [7, 11) is 1.60. The number of hydrogen-bond acceptors (Lipinski definition) is 6. The van der Waals surface area contributed by atoms with Crippen LogP contribution in [0, 0.1) is 0 Å². The molecule has 6 heteroatoms. The summed E-state index contributed by atoms with van der Waals surface area (Å²) in [5.74, 6) is 0.541. The van der Waals surface area contributed by atoms with Gasteiger partial charge in [-0.2, -0.15) is 5.10 Å². The smallest absolute Gasteiger partial charge is 0.233 e. The third-order valence-corrected chi connectivity index (χ3v) is 5.61. The molecule has 0 aromatic carbocycles. The average Bonchev–Trinajstić information content (AvgIpc) is 3.07. The first-order valence-corrected chi connectivity index (χ1v) is 9.46. The first kappa shape index (κ1) is 17.3. The van der Waals surface area contributed by atoms with Gasteiger partial charge in [-0.25, -0.2) is 0 Å². The molecule has 3 rings (SSSR count). The van der Waals surface area contributed by atoms with Crippen LogP contribution >= 0.6 is 11.3 Å². The number of aliphatic hydroxyl groups excluding tert-OH is 1. The van der Waals surface area contributed by atoms with E-state index < -0.39 is 0 Å². The highest BCUT2D eigenvalue weighted by Crippen LogP contribution is 2.29. The Morgan fingerprint density at radius 3 is 2.92 bits per heavy atom. The summed E-state index contributed by atoms with van der Waals surface area (Å²) in [5.41, 5.74) is 0.952. The third-order valence-electron chi connectivity index (χ3n) is 4.64. The lowest BCUT2D eigenvalue weighted by atomic mass is 10.0. The maximum atomic E-state index is 10.5. The minimum absolute atomic E-state index is 0.377. The normalized spacial score (nSPS) is 20.5. The van der Waals surface area contributed by atoms with Gasteiger partial charge in [0, 0.05) is 23.5 Å². The number of ether oxygens (including phenoxy) is 1. The fraction of sp³-hybridized carbons (Fsp3) is 0.556. The van der Waals surface area contributed by atoms with Gasteiger partial charge in [0.1, 0.15) is 0 Å². The zero-order valence-corrected chi connectivity index (χ0v) is 14.9. The Kier molecular flexibility index (Phi) is 6.18. The predicted octanol–water partition coefficient (Wildman–Crippen LogP) is 3.42. The van der Waals surface area contributed by atoms with Gasteiger partial charge in [0.2, 0.25) is 5.88 Å². The van der Waals surface area contributed by atoms with E-state index in [0.717, 1.165) is 36.5 Å². The van der Waals surface area contributed by atoms with E-state index in [1.165, 1.54) is 19.3 Å². The SMILES string of the molecule is COc1ccc(CN2CCCCC[C@@H]2C[C@H](O)c2cccs2)nn1. The molecule has 1 fully saturated rings. The average molecular weight is 347 g/mol. The van der Waals surface area contributed by atoms with Crippen molar-refractivity contribution in [3.8, 4) is 5.88 Å². The Morgan fingerprint density at radius 2 is 2.21 bits per heavy atom. The van der Waals surface area contributed by atoms with E-state index in [9.17, 15) is 5.11 Å². The summed E-state index contributed by atoms with van der Waals surface area (Å²) in [6.07, 6.45) is 5.23. The lowest BCUT2D eigenvalue weighted by Gasteiger charge is -2.31. The van der Waals surface area contributed by atoms with Gasteiger partial charge in [-0.05, 0) is 43.3 Å². The van der Waals surface area contributed by atoms with Gasteiger partial charge in [0.05, 0.1) is 18.9 Å². The molecular formula is C18H25N3O2S. The molecule has 1 saturated heterocycles. The Labute approximate surface area is 147 Å². The van der Waals surface area contributed by atoms with E-state index in [1.807, 2.05) is 29.6 Å². The fourth-order valence-electron chi connectivity index (χ4n) is 3.32. The standard InChI is InChI=1S/C18H25N3O2S/c1-23-18-9-8-14(19-20-18)13-21-10-4-2-3-6-15(21)12-16(22)17-7-5-11-24-17/h5,7-9,11,15-16,22H,2-4,6,10,12-13H2,1H3/t15-,16+/m1/s1. The molecule has 1 aliphatic heterocycles. The molecule has 0 radical (unpaired) electrons. The Balaban J connectivity index is 1.67. The van der Waals surface area contributed by atoms with Gasteiger partial charge < -0.3 is 9.84 Å². The number of rotatable bonds is 6. The summed E-state index contributed by atoms with van der Waals surface area (Å²) in [5, 5.41) is 20.9. The van der Waals surface area contributed by atoms with Crippen LogP contribution in [0.25, 0.3) is 0 Å². The summed E-state index contributed by atoms with van der Waals surface area (Å²) in [6, 6.07) is 8.24. The molecule has 0 saturated carbocycles. The van der Waals surface area contributed by atoms with Crippen molar-refractivity contribution in [2.75, 3.05) is 13.7 Å². The molecule has 2 aromatic heterocycles. The summed E-state index contributed by atoms with van der Waals surface area (Å²) >= 11 is 1.63. The molecule has 0 spiro atoms. The molecule has 5 nitrogen and oxygen atoms in total. The molecule has 1 N–H and O–H groups in total. The van der Waals surface area contributed by atoms with Crippen LogP contribution in [-0.4, -0.2) is 39.9 Å². The van der Waals surface area contributed by atoms with Crippen LogP contribution in [0.15, 0.2) is 29.6 Å². The fourth-order valence-corrected chi connectivity index (χ4v) is 4.04. The van der Waals surface area contributed by atoms with Crippen LogP contribution in [0.4, 0.5) is 0 Å². The minimum Gasteiger partial charge on any atom is -0.480 e. The zero-order valence-electron chi connectivity index (χ0n) is 14.1. The largest absolute Gasteiger partial charge is 0.480 e. The molecule has 3 heterocycles. The van der Waals surface area contributed by atoms with E-state index in [0.29, 0.717) is 11.9 Å². The maximum Gasteiger partial charge on any atom is 0.233 e. The number of methoxy groups -OCH3 is 1. The Morgan fingerprint density at radius 1 is 1.29 bits per heavy atom. The van der Waals surface area contributed by atoms with Crippen molar-refractivity contribution in [2.24, 2.45) is 0 Å². The van der Waals surface area contributed by atoms with Crippen LogP contribution < -0.4 is 4.74 Å². The highest BCUT2D eigenvalue weighted by molar-refractivity contribution is 7.10. The summed E-state index contributed by atoms with van der Waals surface area (Å²) in [4.78, 5) is 3.52. The van der Waals surface area contributed by atoms with Gasteiger partial charge in [0.15, 0.2) is 0 Å². The first-order chi connectivity index (χ1) is 11.8. The lowest BCUT2D eigenvalue weighted by molar-refractivity contribution is 0.0986. The van der Waals surface area contributed by atoms with Gasteiger partial charge in [-0.1, -0.05) is 18.9 Å². The van der Waals surface area contributed by atoms with Gasteiger partial charge in [-0.15, -0.1) is 16.4 Å². The highest BCUT2D eigenvalue weighted by atomic mass is 32.1. The van der Waals surface area contributed by atoms with E-state index in [2.05, 4.69) is 15.1 Å². The Bertz CT molecular complexity index is 603. The topological polar surface area (TPSA) is 58.5 Å². The van der Waals surface area contributed by atoms with Gasteiger partial charge in [-0.3, -0.25) is 4.90 Å². The number of hydrogen-bond donors (Lipinski definition) is 1. The van der Waals surface area contributed by atoms with Crippen LogP contribution in [0.2, 0.25) is 0 Å². The third kappa shape index (κ3) is 4.53. The van der Waals surface area contributed by atoms with E-state index in [-0.39, 0.29) is 6.10 Å². The second-order valence-corrected chi connectivity index (χ2v) is 7.29. The van der Waals surface area contributed by atoms with Crippen LogP contribution in [0.3, 0.4) is 0 Å². The van der Waals surface area contributed by atoms with Crippen molar-refractivity contribution in [1.82, 2.24) is 15.1 Å². The van der Waals surface area contributed by atoms with Gasteiger partial charge >= 0.3 is 0 Å². The van der Waals surface area contributed by atoms with E-state index in [4.69, 9.17) is 4.74 Å².